The van der Waals surface area contributed by atoms with Gasteiger partial charge in [-0.2, -0.15) is 0 Å². The molecule has 4 rings (SSSR count). The Labute approximate surface area is 120 Å². The highest BCUT2D eigenvalue weighted by atomic mass is 16.3. The lowest BCUT2D eigenvalue weighted by atomic mass is 9.90. The number of aromatic hydroxyl groups is 1. The van der Waals surface area contributed by atoms with Crippen molar-refractivity contribution in [1.82, 2.24) is 9.58 Å². The minimum Gasteiger partial charge on any atom is -0.502 e. The standard InChI is InChI=1S/C14H17N3O4/c18-6-8-5-14(8)3-1-10-15-17-4-2-9(19)12(20)11(17)13(21)16(10)7-14/h2,4,8,10,15,18,20H,1,3,5-7H2. The van der Waals surface area contributed by atoms with E-state index in [1.165, 1.54) is 16.9 Å². The van der Waals surface area contributed by atoms with E-state index >= 15 is 0 Å². The maximum absolute atomic E-state index is 12.6. The number of nitrogens with one attached hydrogen (secondary N) is 1. The number of aromatic nitrogens is 1. The number of hydrogen-bond donors (Lipinski definition) is 3. The van der Waals surface area contributed by atoms with Gasteiger partial charge < -0.3 is 20.5 Å². The molecule has 21 heavy (non-hydrogen) atoms. The summed E-state index contributed by atoms with van der Waals surface area (Å²) in [5, 5.41) is 19.2. The highest BCUT2D eigenvalue weighted by molar-refractivity contribution is 5.96. The summed E-state index contributed by atoms with van der Waals surface area (Å²) in [5.41, 5.74) is 2.62. The van der Waals surface area contributed by atoms with Gasteiger partial charge in [0.05, 0.1) is 0 Å². The van der Waals surface area contributed by atoms with Crippen molar-refractivity contribution in [2.75, 3.05) is 18.6 Å². The summed E-state index contributed by atoms with van der Waals surface area (Å²) in [4.78, 5) is 25.9. The molecule has 7 heteroatoms. The fourth-order valence-electron chi connectivity index (χ4n) is 3.78. The number of carbonyl (C=O) groups is 1. The molecule has 1 aromatic heterocycles. The summed E-state index contributed by atoms with van der Waals surface area (Å²) >= 11 is 0. The Bertz CT molecular complexity index is 685. The third kappa shape index (κ3) is 1.64. The first-order chi connectivity index (χ1) is 10.1. The molecule has 0 bridgehead atoms. The Morgan fingerprint density at radius 1 is 1.43 bits per heavy atom. The summed E-state index contributed by atoms with van der Waals surface area (Å²) in [6.45, 7) is 0.721. The minimum absolute atomic E-state index is 0.00278. The number of pyridine rings is 1. The second kappa shape index (κ2) is 4.00. The molecular weight excluding hydrogens is 274 g/mol. The number of carbonyl (C=O) groups excluding carboxylic acids is 1. The summed E-state index contributed by atoms with van der Waals surface area (Å²) in [7, 11) is 0. The first-order valence-corrected chi connectivity index (χ1v) is 7.19. The molecule has 1 amide bonds. The quantitative estimate of drug-likeness (QED) is 0.659. The fraction of sp³-hybridized carbons (Fsp3) is 0.571. The van der Waals surface area contributed by atoms with E-state index < -0.39 is 11.2 Å². The smallest absolute Gasteiger partial charge is 0.278 e. The molecule has 7 nitrogen and oxygen atoms in total. The van der Waals surface area contributed by atoms with E-state index in [0.717, 1.165) is 19.3 Å². The van der Waals surface area contributed by atoms with Gasteiger partial charge in [0.1, 0.15) is 6.17 Å². The number of aliphatic hydroxyl groups excluding tert-OH is 1. The number of fused-ring (bicyclic) bond motifs is 2. The lowest BCUT2D eigenvalue weighted by molar-refractivity contribution is 0.0421. The van der Waals surface area contributed by atoms with E-state index in [9.17, 15) is 19.8 Å². The van der Waals surface area contributed by atoms with Crippen LogP contribution in [0.25, 0.3) is 0 Å². The van der Waals surface area contributed by atoms with Gasteiger partial charge in [-0.15, -0.1) is 0 Å². The SMILES string of the molecule is O=C1c2c(O)c(=O)ccn2NC2CCC3(CC3CO)CN12. The van der Waals surface area contributed by atoms with Crippen LogP contribution >= 0.6 is 0 Å². The average Bonchev–Trinajstić information content (AvgIpc) is 3.17. The molecule has 2 fully saturated rings. The summed E-state index contributed by atoms with van der Waals surface area (Å²) < 4.78 is 1.44. The van der Waals surface area contributed by atoms with Crippen molar-refractivity contribution in [2.45, 2.75) is 25.4 Å². The second-order valence-corrected chi connectivity index (χ2v) is 6.31. The third-order valence-electron chi connectivity index (χ3n) is 5.18. The molecule has 3 aliphatic rings. The zero-order valence-electron chi connectivity index (χ0n) is 11.5. The molecule has 0 radical (unpaired) electrons. The number of amides is 1. The second-order valence-electron chi connectivity index (χ2n) is 6.31. The van der Waals surface area contributed by atoms with Crippen LogP contribution in [0.3, 0.4) is 0 Å². The molecule has 1 saturated heterocycles. The molecule has 2 aliphatic heterocycles. The van der Waals surface area contributed by atoms with Crippen molar-refractivity contribution in [3.63, 3.8) is 0 Å². The van der Waals surface area contributed by atoms with E-state index in [4.69, 9.17) is 0 Å². The maximum atomic E-state index is 12.6. The zero-order chi connectivity index (χ0) is 14.8. The first kappa shape index (κ1) is 12.7. The van der Waals surface area contributed by atoms with Crippen molar-refractivity contribution in [1.29, 1.82) is 0 Å². The van der Waals surface area contributed by atoms with Crippen molar-refractivity contribution in [3.05, 3.63) is 28.2 Å². The largest absolute Gasteiger partial charge is 0.502 e. The molecule has 3 N–H and O–H groups in total. The predicted molar refractivity (Wildman–Crippen MR) is 73.4 cm³/mol. The Morgan fingerprint density at radius 3 is 2.95 bits per heavy atom. The monoisotopic (exact) mass is 291 g/mol. The van der Waals surface area contributed by atoms with Gasteiger partial charge in [-0.3, -0.25) is 14.3 Å². The zero-order valence-corrected chi connectivity index (χ0v) is 11.5. The maximum Gasteiger partial charge on any atom is 0.278 e. The number of hydrogen-bond acceptors (Lipinski definition) is 5. The molecule has 1 aliphatic carbocycles. The normalized spacial score (nSPS) is 33.4. The van der Waals surface area contributed by atoms with Crippen LogP contribution in [0.4, 0.5) is 0 Å². The first-order valence-electron chi connectivity index (χ1n) is 7.19. The van der Waals surface area contributed by atoms with Crippen LogP contribution in [0.1, 0.15) is 29.8 Å². The summed E-state index contributed by atoms with van der Waals surface area (Å²) in [6.07, 6.45) is 4.06. The van der Waals surface area contributed by atoms with Crippen molar-refractivity contribution < 1.29 is 15.0 Å². The minimum atomic E-state index is -0.554. The van der Waals surface area contributed by atoms with Gasteiger partial charge in [-0.1, -0.05) is 0 Å². The lowest BCUT2D eigenvalue weighted by Gasteiger charge is -2.44. The van der Waals surface area contributed by atoms with Gasteiger partial charge >= 0.3 is 0 Å². The van der Waals surface area contributed by atoms with E-state index in [-0.39, 0.29) is 35.7 Å². The van der Waals surface area contributed by atoms with Crippen LogP contribution in [0.5, 0.6) is 5.75 Å². The van der Waals surface area contributed by atoms with Gasteiger partial charge in [-0.05, 0) is 30.6 Å². The molecular formula is C14H17N3O4. The van der Waals surface area contributed by atoms with Crippen LogP contribution in [0.2, 0.25) is 0 Å². The third-order valence-corrected chi connectivity index (χ3v) is 5.18. The predicted octanol–water partition coefficient (Wildman–Crippen LogP) is -0.328. The van der Waals surface area contributed by atoms with Crippen LogP contribution in [0.15, 0.2) is 17.1 Å². The molecule has 3 atom stereocenters. The van der Waals surface area contributed by atoms with Gasteiger partial charge in [0.2, 0.25) is 5.43 Å². The van der Waals surface area contributed by atoms with Crippen molar-refractivity contribution in [3.8, 4) is 5.75 Å². The van der Waals surface area contributed by atoms with E-state index in [1.54, 1.807) is 4.90 Å². The van der Waals surface area contributed by atoms with Gasteiger partial charge in [-0.25, -0.2) is 0 Å². The van der Waals surface area contributed by atoms with Gasteiger partial charge in [0.15, 0.2) is 11.4 Å². The Kier molecular flexibility index (Phi) is 2.42. The molecule has 3 unspecified atom stereocenters. The Morgan fingerprint density at radius 2 is 2.24 bits per heavy atom. The van der Waals surface area contributed by atoms with Gasteiger partial charge in [0, 0.05) is 25.4 Å². The summed E-state index contributed by atoms with van der Waals surface area (Å²) in [5.74, 6) is -0.570. The van der Waals surface area contributed by atoms with Gasteiger partial charge in [0.25, 0.3) is 5.91 Å². The average molecular weight is 291 g/mol. The topological polar surface area (TPSA) is 94.8 Å². The molecule has 3 heterocycles. The highest BCUT2D eigenvalue weighted by Crippen LogP contribution is 2.58. The number of piperidine rings is 1. The number of aliphatic hydroxyl groups is 1. The van der Waals surface area contributed by atoms with E-state index in [0.29, 0.717) is 6.54 Å². The van der Waals surface area contributed by atoms with Crippen molar-refractivity contribution in [2.24, 2.45) is 11.3 Å². The fourth-order valence-corrected chi connectivity index (χ4v) is 3.78. The van der Waals surface area contributed by atoms with Crippen LogP contribution in [-0.4, -0.2) is 45.0 Å². The molecule has 0 aromatic carbocycles. The number of rotatable bonds is 1. The van der Waals surface area contributed by atoms with Crippen LogP contribution in [-0.2, 0) is 0 Å². The van der Waals surface area contributed by atoms with Crippen molar-refractivity contribution >= 4 is 5.91 Å². The molecule has 1 saturated carbocycles. The Hall–Kier alpha value is -2.02. The Balaban J connectivity index is 1.71. The van der Waals surface area contributed by atoms with E-state index in [2.05, 4.69) is 5.43 Å². The highest BCUT2D eigenvalue weighted by Gasteiger charge is 2.58. The molecule has 1 spiro atoms. The number of nitrogens with zero attached hydrogens (tertiary/aromatic N) is 2. The molecule has 1 aromatic rings. The lowest BCUT2D eigenvalue weighted by Crippen LogP contribution is -2.58. The van der Waals surface area contributed by atoms with Crippen LogP contribution in [0, 0.1) is 11.3 Å². The van der Waals surface area contributed by atoms with Crippen LogP contribution < -0.4 is 10.9 Å². The summed E-state index contributed by atoms with van der Waals surface area (Å²) in [6, 6.07) is 1.24. The molecule has 112 valence electrons. The van der Waals surface area contributed by atoms with E-state index in [1.807, 2.05) is 0 Å².